The molecule has 2 aromatic carbocycles. The molecule has 0 spiro atoms. The average Bonchev–Trinajstić information content (AvgIpc) is 2.46. The maximum absolute atomic E-state index is 13.4. The highest BCUT2D eigenvalue weighted by Gasteiger charge is 2.11. The van der Waals surface area contributed by atoms with E-state index in [0.717, 1.165) is 12.1 Å². The fourth-order valence-electron chi connectivity index (χ4n) is 1.82. The van der Waals surface area contributed by atoms with Crippen LogP contribution < -0.4 is 15.2 Å². The molecule has 0 aliphatic carbocycles. The fraction of sp³-hybridized carbons (Fsp3) is 0.133. The number of ether oxygens (including phenoxy) is 2. The van der Waals surface area contributed by atoms with E-state index in [1.54, 1.807) is 18.2 Å². The van der Waals surface area contributed by atoms with Gasteiger partial charge in [0.05, 0.1) is 12.7 Å². The Morgan fingerprint density at radius 2 is 1.86 bits per heavy atom. The monoisotopic (exact) mass is 292 g/mol. The van der Waals surface area contributed by atoms with Gasteiger partial charge in [-0.05, 0) is 29.8 Å². The summed E-state index contributed by atoms with van der Waals surface area (Å²) < 4.78 is 37.2. The molecule has 2 aromatic rings. The second kappa shape index (κ2) is 6.21. The first-order valence-electron chi connectivity index (χ1n) is 6.11. The van der Waals surface area contributed by atoms with Crippen LogP contribution in [-0.2, 0) is 6.61 Å². The van der Waals surface area contributed by atoms with Gasteiger partial charge in [-0.1, -0.05) is 12.1 Å². The van der Waals surface area contributed by atoms with Gasteiger partial charge in [0.1, 0.15) is 18.2 Å². The summed E-state index contributed by atoms with van der Waals surface area (Å²) in [5.41, 5.74) is 6.50. The number of hydrogen-bond acceptors (Lipinski definition) is 3. The zero-order valence-electron chi connectivity index (χ0n) is 11.3. The van der Waals surface area contributed by atoms with E-state index in [-0.39, 0.29) is 12.4 Å². The van der Waals surface area contributed by atoms with Crippen LogP contribution in [-0.4, -0.2) is 12.9 Å². The predicted octanol–water partition coefficient (Wildman–Crippen LogP) is 2.84. The minimum atomic E-state index is -0.762. The van der Waals surface area contributed by atoms with Crippen LogP contribution in [0.25, 0.3) is 0 Å². The molecule has 4 nitrogen and oxygen atoms in total. The van der Waals surface area contributed by atoms with Gasteiger partial charge in [-0.15, -0.1) is 0 Å². The number of para-hydroxylation sites is 1. The van der Waals surface area contributed by atoms with Gasteiger partial charge in [-0.3, -0.25) is 5.41 Å². The molecule has 0 aromatic heterocycles. The number of nitrogens with one attached hydrogen (secondary N) is 1. The Morgan fingerprint density at radius 1 is 1.19 bits per heavy atom. The van der Waals surface area contributed by atoms with Crippen molar-refractivity contribution in [2.24, 2.45) is 5.73 Å². The van der Waals surface area contributed by atoms with Crippen molar-refractivity contribution >= 4 is 5.84 Å². The standard InChI is InChI=1S/C15H14F2N2O2/c1-20-13-7-9(5-6-10(13)15(18)19)8-21-14-11(16)3-2-4-12(14)17/h2-7H,8H2,1H3,(H3,18,19). The maximum Gasteiger partial charge on any atom is 0.191 e. The third-order valence-electron chi connectivity index (χ3n) is 2.86. The van der Waals surface area contributed by atoms with Crippen LogP contribution >= 0.6 is 0 Å². The molecule has 0 saturated heterocycles. The largest absolute Gasteiger partial charge is 0.496 e. The quantitative estimate of drug-likeness (QED) is 0.657. The average molecular weight is 292 g/mol. The van der Waals surface area contributed by atoms with E-state index in [2.05, 4.69) is 0 Å². The molecular weight excluding hydrogens is 278 g/mol. The number of methoxy groups -OCH3 is 1. The van der Waals surface area contributed by atoms with Gasteiger partial charge in [0.15, 0.2) is 17.4 Å². The van der Waals surface area contributed by atoms with E-state index < -0.39 is 17.4 Å². The molecule has 0 heterocycles. The SMILES string of the molecule is COc1cc(COc2c(F)cccc2F)ccc1C(=N)N. The lowest BCUT2D eigenvalue weighted by Gasteiger charge is -2.11. The zero-order valence-corrected chi connectivity index (χ0v) is 11.3. The van der Waals surface area contributed by atoms with Gasteiger partial charge >= 0.3 is 0 Å². The minimum absolute atomic E-state index is 0.0353. The highest BCUT2D eigenvalue weighted by molar-refractivity contribution is 5.97. The lowest BCUT2D eigenvalue weighted by atomic mass is 10.1. The topological polar surface area (TPSA) is 68.3 Å². The molecule has 6 heteroatoms. The first-order valence-corrected chi connectivity index (χ1v) is 6.11. The molecule has 0 radical (unpaired) electrons. The molecule has 0 saturated carbocycles. The van der Waals surface area contributed by atoms with Crippen molar-refractivity contribution in [1.29, 1.82) is 5.41 Å². The number of nitrogens with two attached hydrogens (primary N) is 1. The van der Waals surface area contributed by atoms with Crippen LogP contribution in [0, 0.1) is 17.0 Å². The van der Waals surface area contributed by atoms with Crippen molar-refractivity contribution in [3.05, 3.63) is 59.2 Å². The van der Waals surface area contributed by atoms with E-state index in [9.17, 15) is 8.78 Å². The van der Waals surface area contributed by atoms with Gasteiger partial charge < -0.3 is 15.2 Å². The number of nitrogen functional groups attached to an aromatic ring is 1. The van der Waals surface area contributed by atoms with Gasteiger partial charge in [0, 0.05) is 0 Å². The smallest absolute Gasteiger partial charge is 0.191 e. The Labute approximate surface area is 120 Å². The molecule has 0 aliphatic heterocycles. The molecule has 0 atom stereocenters. The fourth-order valence-corrected chi connectivity index (χ4v) is 1.82. The first kappa shape index (κ1) is 14.8. The van der Waals surface area contributed by atoms with E-state index in [1.165, 1.54) is 13.2 Å². The summed E-state index contributed by atoms with van der Waals surface area (Å²) in [6.07, 6.45) is 0. The Balaban J connectivity index is 2.19. The van der Waals surface area contributed by atoms with Crippen molar-refractivity contribution in [2.75, 3.05) is 7.11 Å². The Morgan fingerprint density at radius 3 is 2.43 bits per heavy atom. The second-order valence-electron chi connectivity index (χ2n) is 4.29. The van der Waals surface area contributed by atoms with Crippen LogP contribution in [0.2, 0.25) is 0 Å². The Bertz CT molecular complexity index is 654. The molecule has 0 bridgehead atoms. The number of halogens is 2. The van der Waals surface area contributed by atoms with Crippen LogP contribution in [0.3, 0.4) is 0 Å². The number of amidine groups is 1. The molecular formula is C15H14F2N2O2. The van der Waals surface area contributed by atoms with E-state index in [4.69, 9.17) is 20.6 Å². The van der Waals surface area contributed by atoms with Crippen molar-refractivity contribution in [2.45, 2.75) is 6.61 Å². The van der Waals surface area contributed by atoms with Crippen molar-refractivity contribution in [3.63, 3.8) is 0 Å². The molecule has 3 N–H and O–H groups in total. The summed E-state index contributed by atoms with van der Waals surface area (Å²) >= 11 is 0. The van der Waals surface area contributed by atoms with Crippen LogP contribution in [0.5, 0.6) is 11.5 Å². The van der Waals surface area contributed by atoms with Crippen molar-refractivity contribution in [3.8, 4) is 11.5 Å². The molecule has 0 unspecified atom stereocenters. The summed E-state index contributed by atoms with van der Waals surface area (Å²) in [5.74, 6) is -1.67. The lowest BCUT2D eigenvalue weighted by Crippen LogP contribution is -2.13. The molecule has 0 aliphatic rings. The lowest BCUT2D eigenvalue weighted by molar-refractivity contribution is 0.273. The van der Waals surface area contributed by atoms with Gasteiger partial charge in [-0.25, -0.2) is 8.78 Å². The predicted molar refractivity (Wildman–Crippen MR) is 74.7 cm³/mol. The molecule has 110 valence electrons. The molecule has 0 amide bonds. The highest BCUT2D eigenvalue weighted by Crippen LogP contribution is 2.24. The molecule has 0 fully saturated rings. The summed E-state index contributed by atoms with van der Waals surface area (Å²) in [6.45, 7) is -0.0353. The zero-order chi connectivity index (χ0) is 15.4. The number of rotatable bonds is 5. The maximum atomic E-state index is 13.4. The van der Waals surface area contributed by atoms with Gasteiger partial charge in [0.25, 0.3) is 0 Å². The third kappa shape index (κ3) is 3.28. The van der Waals surface area contributed by atoms with Crippen molar-refractivity contribution < 1.29 is 18.3 Å². The van der Waals surface area contributed by atoms with Gasteiger partial charge in [0.2, 0.25) is 0 Å². The van der Waals surface area contributed by atoms with Crippen LogP contribution in [0.15, 0.2) is 36.4 Å². The minimum Gasteiger partial charge on any atom is -0.496 e. The van der Waals surface area contributed by atoms with Crippen molar-refractivity contribution in [1.82, 2.24) is 0 Å². The summed E-state index contributed by atoms with van der Waals surface area (Å²) in [6, 6.07) is 8.36. The van der Waals surface area contributed by atoms with Crippen LogP contribution in [0.1, 0.15) is 11.1 Å². The normalized spacial score (nSPS) is 10.2. The van der Waals surface area contributed by atoms with E-state index >= 15 is 0 Å². The number of benzene rings is 2. The number of hydrogen-bond donors (Lipinski definition) is 2. The highest BCUT2D eigenvalue weighted by atomic mass is 19.1. The molecule has 21 heavy (non-hydrogen) atoms. The first-order chi connectivity index (χ1) is 10.0. The molecule has 2 rings (SSSR count). The second-order valence-corrected chi connectivity index (χ2v) is 4.29. The van der Waals surface area contributed by atoms with E-state index in [0.29, 0.717) is 16.9 Å². The third-order valence-corrected chi connectivity index (χ3v) is 2.86. The summed E-state index contributed by atoms with van der Waals surface area (Å²) in [5, 5.41) is 7.41. The Kier molecular flexibility index (Phi) is 4.37. The summed E-state index contributed by atoms with van der Waals surface area (Å²) in [4.78, 5) is 0. The van der Waals surface area contributed by atoms with Gasteiger partial charge in [-0.2, -0.15) is 0 Å². The summed E-state index contributed by atoms with van der Waals surface area (Å²) in [7, 11) is 1.45. The van der Waals surface area contributed by atoms with Crippen LogP contribution in [0.4, 0.5) is 8.78 Å². The Hall–Kier alpha value is -2.63. The van der Waals surface area contributed by atoms with E-state index in [1.807, 2.05) is 0 Å².